The van der Waals surface area contributed by atoms with Crippen LogP contribution in [0.25, 0.3) is 0 Å². The summed E-state index contributed by atoms with van der Waals surface area (Å²) < 4.78 is 2.11. The van der Waals surface area contributed by atoms with E-state index in [-0.39, 0.29) is 5.84 Å². The topological polar surface area (TPSA) is 76.4 Å². The van der Waals surface area contributed by atoms with Crippen molar-refractivity contribution in [2.75, 3.05) is 0 Å². The minimum absolute atomic E-state index is 0.124. The molecule has 3 N–H and O–H groups in total. The molecule has 0 unspecified atom stereocenters. The van der Waals surface area contributed by atoms with Gasteiger partial charge in [0.05, 0.1) is 0 Å². The number of aryl methyl sites for hydroxylation is 1. The van der Waals surface area contributed by atoms with Crippen LogP contribution < -0.4 is 5.73 Å². The van der Waals surface area contributed by atoms with Gasteiger partial charge in [0.15, 0.2) is 5.84 Å². The summed E-state index contributed by atoms with van der Waals surface area (Å²) in [5, 5.41) is 11.6. The molecular formula is C13H16N4O. The molecule has 0 atom stereocenters. The van der Waals surface area contributed by atoms with Gasteiger partial charge in [0, 0.05) is 30.9 Å². The van der Waals surface area contributed by atoms with Gasteiger partial charge in [0.25, 0.3) is 0 Å². The summed E-state index contributed by atoms with van der Waals surface area (Å²) in [5.74, 6) is 1.19. The van der Waals surface area contributed by atoms with Gasteiger partial charge in [-0.15, -0.1) is 0 Å². The summed E-state index contributed by atoms with van der Waals surface area (Å²) in [6, 6.07) is 7.61. The lowest BCUT2D eigenvalue weighted by Crippen LogP contribution is -2.13. The third-order valence-electron chi connectivity index (χ3n) is 2.83. The van der Waals surface area contributed by atoms with E-state index in [1.165, 1.54) is 0 Å². The summed E-state index contributed by atoms with van der Waals surface area (Å²) in [7, 11) is 0. The molecule has 0 aliphatic carbocycles. The van der Waals surface area contributed by atoms with E-state index in [2.05, 4.69) is 21.6 Å². The molecule has 5 nitrogen and oxygen atoms in total. The Labute approximate surface area is 106 Å². The van der Waals surface area contributed by atoms with Crippen molar-refractivity contribution in [3.63, 3.8) is 0 Å². The summed E-state index contributed by atoms with van der Waals surface area (Å²) in [4.78, 5) is 4.28. The number of nitrogens with zero attached hydrogens (tertiary/aromatic N) is 3. The zero-order chi connectivity index (χ0) is 13.0. The van der Waals surface area contributed by atoms with Crippen LogP contribution in [0.3, 0.4) is 0 Å². The van der Waals surface area contributed by atoms with Gasteiger partial charge < -0.3 is 15.5 Å². The van der Waals surface area contributed by atoms with E-state index in [4.69, 9.17) is 10.9 Å². The lowest BCUT2D eigenvalue weighted by atomic mass is 10.1. The zero-order valence-corrected chi connectivity index (χ0v) is 10.2. The summed E-state index contributed by atoms with van der Waals surface area (Å²) in [6.07, 6.45) is 4.69. The van der Waals surface area contributed by atoms with Gasteiger partial charge in [-0.1, -0.05) is 36.3 Å². The second kappa shape index (κ2) is 5.35. The number of nitrogens with two attached hydrogens (primary N) is 1. The number of aromatic nitrogens is 2. The largest absolute Gasteiger partial charge is 0.409 e. The summed E-state index contributed by atoms with van der Waals surface area (Å²) >= 11 is 0. The lowest BCUT2D eigenvalue weighted by Gasteiger charge is -2.07. The van der Waals surface area contributed by atoms with E-state index in [9.17, 15) is 0 Å². The molecule has 0 bridgehead atoms. The molecule has 0 saturated heterocycles. The first-order valence-electron chi connectivity index (χ1n) is 5.81. The second-order valence-corrected chi connectivity index (χ2v) is 4.01. The van der Waals surface area contributed by atoms with E-state index < -0.39 is 0 Å². The Morgan fingerprint density at radius 1 is 1.39 bits per heavy atom. The van der Waals surface area contributed by atoms with Crippen LogP contribution in [0.2, 0.25) is 0 Å². The lowest BCUT2D eigenvalue weighted by molar-refractivity contribution is 0.318. The fraction of sp³-hybridized carbons (Fsp3) is 0.231. The van der Waals surface area contributed by atoms with Crippen molar-refractivity contribution in [3.8, 4) is 0 Å². The Balaban J connectivity index is 2.16. The van der Waals surface area contributed by atoms with Gasteiger partial charge in [-0.3, -0.25) is 0 Å². The SMILES string of the molecule is CCc1nccn1Cc1ccc(/C(N)=N/O)cc1. The standard InChI is InChI=1S/C13H16N4O/c1-2-12-15-7-8-17(12)9-10-3-5-11(6-4-10)13(14)16-18/h3-8,18H,2,9H2,1H3,(H2,14,16). The van der Waals surface area contributed by atoms with Crippen molar-refractivity contribution < 1.29 is 5.21 Å². The average molecular weight is 244 g/mol. The van der Waals surface area contributed by atoms with E-state index in [0.29, 0.717) is 5.56 Å². The van der Waals surface area contributed by atoms with Gasteiger partial charge in [0.1, 0.15) is 5.82 Å². The van der Waals surface area contributed by atoms with Gasteiger partial charge >= 0.3 is 0 Å². The smallest absolute Gasteiger partial charge is 0.170 e. The van der Waals surface area contributed by atoms with E-state index >= 15 is 0 Å². The quantitative estimate of drug-likeness (QED) is 0.371. The molecule has 1 heterocycles. The molecule has 0 aliphatic heterocycles. The molecule has 18 heavy (non-hydrogen) atoms. The first kappa shape index (κ1) is 12.2. The highest BCUT2D eigenvalue weighted by atomic mass is 16.4. The zero-order valence-electron chi connectivity index (χ0n) is 10.2. The van der Waals surface area contributed by atoms with Gasteiger partial charge in [0.2, 0.25) is 0 Å². The fourth-order valence-corrected chi connectivity index (χ4v) is 1.83. The summed E-state index contributed by atoms with van der Waals surface area (Å²) in [6.45, 7) is 2.86. The van der Waals surface area contributed by atoms with Crippen LogP contribution >= 0.6 is 0 Å². The minimum Gasteiger partial charge on any atom is -0.409 e. The molecule has 5 heteroatoms. The van der Waals surface area contributed by atoms with Crippen LogP contribution in [0.4, 0.5) is 0 Å². The van der Waals surface area contributed by atoms with E-state index in [1.807, 2.05) is 36.7 Å². The molecule has 0 fully saturated rings. The van der Waals surface area contributed by atoms with Crippen molar-refractivity contribution in [2.45, 2.75) is 19.9 Å². The molecule has 0 radical (unpaired) electrons. The van der Waals surface area contributed by atoms with E-state index in [1.54, 1.807) is 0 Å². The first-order valence-corrected chi connectivity index (χ1v) is 5.81. The molecule has 0 saturated carbocycles. The summed E-state index contributed by atoms with van der Waals surface area (Å²) in [5.41, 5.74) is 7.37. The highest BCUT2D eigenvalue weighted by molar-refractivity contribution is 5.96. The molecule has 1 aromatic heterocycles. The second-order valence-electron chi connectivity index (χ2n) is 4.01. The molecule has 0 aliphatic rings. The molecule has 0 spiro atoms. The van der Waals surface area contributed by atoms with Crippen molar-refractivity contribution in [2.24, 2.45) is 10.9 Å². The predicted molar refractivity (Wildman–Crippen MR) is 69.7 cm³/mol. The van der Waals surface area contributed by atoms with Crippen molar-refractivity contribution in [3.05, 3.63) is 53.6 Å². The van der Waals surface area contributed by atoms with Gasteiger partial charge in [-0.25, -0.2) is 4.98 Å². The normalized spacial score (nSPS) is 11.7. The fourth-order valence-electron chi connectivity index (χ4n) is 1.83. The molecule has 2 aromatic rings. The van der Waals surface area contributed by atoms with Crippen LogP contribution in [0, 0.1) is 0 Å². The number of hydrogen-bond acceptors (Lipinski definition) is 3. The maximum atomic E-state index is 8.58. The van der Waals surface area contributed by atoms with Crippen LogP contribution in [0.1, 0.15) is 23.9 Å². The third kappa shape index (κ3) is 2.51. The maximum absolute atomic E-state index is 8.58. The Hall–Kier alpha value is -2.30. The number of oxime groups is 1. The maximum Gasteiger partial charge on any atom is 0.170 e. The van der Waals surface area contributed by atoms with Crippen LogP contribution in [-0.4, -0.2) is 20.6 Å². The number of rotatable bonds is 4. The average Bonchev–Trinajstić information content (AvgIpc) is 2.86. The Bertz CT molecular complexity index is 542. The van der Waals surface area contributed by atoms with Crippen molar-refractivity contribution >= 4 is 5.84 Å². The van der Waals surface area contributed by atoms with Gasteiger partial charge in [-0.2, -0.15) is 0 Å². The van der Waals surface area contributed by atoms with Gasteiger partial charge in [-0.05, 0) is 5.56 Å². The molecule has 2 rings (SSSR count). The van der Waals surface area contributed by atoms with Crippen molar-refractivity contribution in [1.82, 2.24) is 9.55 Å². The van der Waals surface area contributed by atoms with Crippen LogP contribution in [-0.2, 0) is 13.0 Å². The van der Waals surface area contributed by atoms with Crippen LogP contribution in [0.5, 0.6) is 0 Å². The third-order valence-corrected chi connectivity index (χ3v) is 2.83. The molecule has 1 aromatic carbocycles. The number of benzene rings is 1. The highest BCUT2D eigenvalue weighted by Gasteiger charge is 2.02. The Morgan fingerprint density at radius 2 is 2.11 bits per heavy atom. The number of amidine groups is 1. The molecule has 94 valence electrons. The Kier molecular flexibility index (Phi) is 3.62. The molecular weight excluding hydrogens is 228 g/mol. The Morgan fingerprint density at radius 3 is 2.72 bits per heavy atom. The number of hydrogen-bond donors (Lipinski definition) is 2. The highest BCUT2D eigenvalue weighted by Crippen LogP contribution is 2.08. The van der Waals surface area contributed by atoms with Crippen molar-refractivity contribution in [1.29, 1.82) is 0 Å². The molecule has 0 amide bonds. The minimum atomic E-state index is 0.124. The van der Waals surface area contributed by atoms with E-state index in [0.717, 1.165) is 24.4 Å². The predicted octanol–water partition coefficient (Wildman–Crippen LogP) is 1.59. The monoisotopic (exact) mass is 244 g/mol. The number of imidazole rings is 1. The first-order chi connectivity index (χ1) is 8.74. The van der Waals surface area contributed by atoms with Crippen LogP contribution in [0.15, 0.2) is 41.8 Å².